The molecule has 75 heavy (non-hydrogen) atoms. The summed E-state index contributed by atoms with van der Waals surface area (Å²) in [5, 5.41) is 74.0. The molecule has 0 radical (unpaired) electrons. The maximum Gasteiger partial charge on any atom is 0.328 e. The van der Waals surface area contributed by atoms with Crippen molar-refractivity contribution in [3.05, 3.63) is 59.7 Å². The Bertz CT molecular complexity index is 2260. The van der Waals surface area contributed by atoms with Gasteiger partial charge in [0.15, 0.2) is 0 Å². The highest BCUT2D eigenvalue weighted by Gasteiger charge is 2.35. The maximum absolute atomic E-state index is 14.4. The quantitative estimate of drug-likeness (QED) is 0.0319. The summed E-state index contributed by atoms with van der Waals surface area (Å²) in [6, 6.07) is -0.403. The summed E-state index contributed by atoms with van der Waals surface area (Å²) < 4.78 is 0. The zero-order valence-electron chi connectivity index (χ0n) is 42.5. The van der Waals surface area contributed by atoms with E-state index in [0.29, 0.717) is 36.9 Å². The third-order valence-corrected chi connectivity index (χ3v) is 12.3. The molecule has 0 bridgehead atoms. The molecule has 0 spiro atoms. The van der Waals surface area contributed by atoms with Crippen molar-refractivity contribution < 1.29 is 73.5 Å². The molecule has 9 amide bonds. The van der Waals surface area contributed by atoms with Gasteiger partial charge >= 0.3 is 5.97 Å². The van der Waals surface area contributed by atoms with Crippen molar-refractivity contribution >= 4 is 59.1 Å². The Hall–Kier alpha value is -7.42. The van der Waals surface area contributed by atoms with Crippen molar-refractivity contribution in [2.75, 3.05) is 32.8 Å². The Balaban J connectivity index is 1.80. The molecule has 414 valence electrons. The van der Waals surface area contributed by atoms with E-state index in [9.17, 15) is 73.5 Å². The molecular weight excluding hydrogens is 983 g/mol. The fourth-order valence-corrected chi connectivity index (χ4v) is 7.59. The molecule has 17 N–H and O–H groups in total. The van der Waals surface area contributed by atoms with Gasteiger partial charge in [0.1, 0.15) is 59.8 Å². The second-order valence-corrected chi connectivity index (χ2v) is 18.3. The van der Waals surface area contributed by atoms with Gasteiger partial charge in [0.2, 0.25) is 53.2 Å². The summed E-state index contributed by atoms with van der Waals surface area (Å²) in [7, 11) is 0. The first-order chi connectivity index (χ1) is 35.6. The second kappa shape index (κ2) is 31.3. The lowest BCUT2D eigenvalue weighted by Crippen LogP contribution is -2.61. The lowest BCUT2D eigenvalue weighted by Gasteiger charge is -2.29. The lowest BCUT2D eigenvalue weighted by molar-refractivity contribution is -0.143. The minimum absolute atomic E-state index is 0.0185. The van der Waals surface area contributed by atoms with Gasteiger partial charge in [0.25, 0.3) is 0 Å². The van der Waals surface area contributed by atoms with Gasteiger partial charge in [-0.3, -0.25) is 43.2 Å². The molecule has 2 aromatic carbocycles. The molecule has 0 aromatic heterocycles. The number of hydrogen-bond acceptors (Lipinski definition) is 16. The smallest absolute Gasteiger partial charge is 0.328 e. The normalized spacial score (nSPS) is 16.6. The summed E-state index contributed by atoms with van der Waals surface area (Å²) in [6.45, 7) is 4.41. The number of unbranched alkanes of at least 4 members (excludes halogenated alkanes) is 1. The van der Waals surface area contributed by atoms with Gasteiger partial charge in [0.05, 0.1) is 25.8 Å². The second-order valence-electron chi connectivity index (χ2n) is 18.3. The van der Waals surface area contributed by atoms with Crippen molar-refractivity contribution in [3.8, 4) is 11.5 Å². The average molecular weight is 1060 g/mol. The van der Waals surface area contributed by atoms with Crippen molar-refractivity contribution in [1.82, 2.24) is 53.2 Å². The molecule has 1 heterocycles. The minimum atomic E-state index is -1.70. The molecule has 1 aliphatic rings. The number of aliphatic hydroxyl groups excluding tert-OH is 2. The predicted octanol–water partition coefficient (Wildman–Crippen LogP) is -4.09. The van der Waals surface area contributed by atoms with Gasteiger partial charge in [-0.05, 0) is 100 Å². The Kier molecular flexibility index (Phi) is 25.9. The number of carbonyl (C=O) groups excluding carboxylic acids is 9. The number of nitrogens with one attached hydrogen (secondary N) is 10. The number of aliphatic carboxylic acids is 1. The molecule has 0 aliphatic carbocycles. The lowest BCUT2D eigenvalue weighted by atomic mass is 9.96. The van der Waals surface area contributed by atoms with Crippen molar-refractivity contribution in [2.45, 2.75) is 133 Å². The molecule has 1 fully saturated rings. The number of benzene rings is 2. The molecule has 3 rings (SSSR count). The first kappa shape index (κ1) is 61.9. The summed E-state index contributed by atoms with van der Waals surface area (Å²) in [6.07, 6.45) is 2.11. The van der Waals surface area contributed by atoms with Crippen LogP contribution in [0.5, 0.6) is 11.5 Å². The standard InChI is InChI=1S/C49H73N11O15/c1-5-26(2)40(48(73)58-37(24-61)47(72)54-28(4)42(67)56-34(9-6-7-19-50)44(69)59-38(25-62)49(74)75)60-46(71)36(22-30-13-17-32(64)18-14-30)57-45(70)35(21-29-11-15-31(63)16-12-29)55-39(65)23-52-41(66)27(3)53-43(68)33-10-8-20-51-33/h11-18,26-28,33-38,40,51,61-64H,5-10,19-25,50H2,1-4H3,(H,52,66)(H,53,68)(H,54,72)(H,55,65)(H,56,67)(H,57,70)(H,58,73)(H,59,69)(H,60,71)(H,74,75)/t26-,27-,28-,33-,34-,35-,36-,37-,38-,40-/m0/s1. The van der Waals surface area contributed by atoms with Crippen molar-refractivity contribution in [3.63, 3.8) is 0 Å². The molecule has 26 nitrogen and oxygen atoms in total. The highest BCUT2D eigenvalue weighted by atomic mass is 16.4. The largest absolute Gasteiger partial charge is 0.508 e. The van der Waals surface area contributed by atoms with Crippen LogP contribution in [-0.2, 0) is 60.8 Å². The molecule has 1 aliphatic heterocycles. The highest BCUT2D eigenvalue weighted by Crippen LogP contribution is 2.16. The van der Waals surface area contributed by atoms with Crippen molar-refractivity contribution in [2.24, 2.45) is 11.7 Å². The zero-order chi connectivity index (χ0) is 55.8. The molecule has 0 saturated carbocycles. The first-order valence-corrected chi connectivity index (χ1v) is 24.7. The number of carboxylic acid groups (broad SMARTS) is 1. The number of aliphatic hydroxyl groups is 2. The van der Waals surface area contributed by atoms with Crippen LogP contribution in [0.1, 0.15) is 77.3 Å². The van der Waals surface area contributed by atoms with Crippen LogP contribution in [-0.4, -0.2) is 172 Å². The highest BCUT2D eigenvalue weighted by molar-refractivity contribution is 5.98. The topological polar surface area (TPSA) is 418 Å². The Morgan fingerprint density at radius 3 is 1.61 bits per heavy atom. The minimum Gasteiger partial charge on any atom is -0.508 e. The molecular formula is C49H73N11O15. The van der Waals surface area contributed by atoms with Crippen LogP contribution in [0.3, 0.4) is 0 Å². The fraction of sp³-hybridized carbons (Fsp3) is 0.551. The van der Waals surface area contributed by atoms with E-state index in [-0.39, 0.29) is 49.6 Å². The van der Waals surface area contributed by atoms with E-state index >= 15 is 0 Å². The fourth-order valence-electron chi connectivity index (χ4n) is 7.59. The SMILES string of the molecule is CC[C@H](C)[C@H](NC(=O)[C@H](Cc1ccc(O)cc1)NC(=O)[C@H](Cc1ccc(O)cc1)NC(=O)CNC(=O)[C@H](C)NC(=O)[C@@H]1CCCN1)C(=O)N[C@@H](CO)C(=O)N[C@@H](C)C(=O)N[C@@H](CCCCN)C(=O)N[C@@H](CO)C(=O)O. The van der Waals surface area contributed by atoms with E-state index in [1.807, 2.05) is 0 Å². The summed E-state index contributed by atoms with van der Waals surface area (Å²) in [5.74, 6) is -9.81. The van der Waals surface area contributed by atoms with Crippen LogP contribution < -0.4 is 58.9 Å². The van der Waals surface area contributed by atoms with Gasteiger partial charge in [-0.25, -0.2) is 4.79 Å². The number of carbonyl (C=O) groups is 10. The molecule has 26 heteroatoms. The third kappa shape index (κ3) is 20.8. The molecule has 1 saturated heterocycles. The average Bonchev–Trinajstić information content (AvgIpc) is 3.94. The van der Waals surface area contributed by atoms with Gasteiger partial charge < -0.3 is 84.4 Å². The zero-order valence-corrected chi connectivity index (χ0v) is 42.5. The number of nitrogens with two attached hydrogens (primary N) is 1. The molecule has 2 aromatic rings. The van der Waals surface area contributed by atoms with E-state index in [1.165, 1.54) is 62.4 Å². The summed E-state index contributed by atoms with van der Waals surface area (Å²) in [5.41, 5.74) is 6.47. The Morgan fingerprint density at radius 2 is 1.09 bits per heavy atom. The number of aromatic hydroxyl groups is 2. The third-order valence-electron chi connectivity index (χ3n) is 12.3. The van der Waals surface area contributed by atoms with Crippen LogP contribution in [0.25, 0.3) is 0 Å². The summed E-state index contributed by atoms with van der Waals surface area (Å²) in [4.78, 5) is 132. The van der Waals surface area contributed by atoms with Crippen LogP contribution in [0.15, 0.2) is 48.5 Å². The van der Waals surface area contributed by atoms with Crippen LogP contribution >= 0.6 is 0 Å². The monoisotopic (exact) mass is 1060 g/mol. The van der Waals surface area contributed by atoms with Gasteiger partial charge in [0, 0.05) is 12.8 Å². The molecule has 0 unspecified atom stereocenters. The van der Waals surface area contributed by atoms with E-state index in [2.05, 4.69) is 53.2 Å². The van der Waals surface area contributed by atoms with Gasteiger partial charge in [-0.2, -0.15) is 0 Å². The van der Waals surface area contributed by atoms with Crippen LogP contribution in [0, 0.1) is 5.92 Å². The van der Waals surface area contributed by atoms with E-state index in [4.69, 9.17) is 5.73 Å². The number of phenols is 2. The van der Waals surface area contributed by atoms with Crippen LogP contribution in [0.2, 0.25) is 0 Å². The van der Waals surface area contributed by atoms with Crippen molar-refractivity contribution in [1.29, 1.82) is 0 Å². The Morgan fingerprint density at radius 1 is 0.600 bits per heavy atom. The maximum atomic E-state index is 14.4. The van der Waals surface area contributed by atoms with Crippen LogP contribution in [0.4, 0.5) is 0 Å². The van der Waals surface area contributed by atoms with E-state index in [1.54, 1.807) is 13.8 Å². The predicted molar refractivity (Wildman–Crippen MR) is 269 cm³/mol. The number of rotatable bonds is 31. The van der Waals surface area contributed by atoms with Gasteiger partial charge in [-0.15, -0.1) is 0 Å². The van der Waals surface area contributed by atoms with E-state index < -0.39 is 133 Å². The summed E-state index contributed by atoms with van der Waals surface area (Å²) >= 11 is 0. The molecule has 10 atom stereocenters. The number of amides is 9. The van der Waals surface area contributed by atoms with Gasteiger partial charge in [-0.1, -0.05) is 44.5 Å². The van der Waals surface area contributed by atoms with E-state index in [0.717, 1.165) is 6.42 Å². The number of hydrogen-bond donors (Lipinski definition) is 16. The number of phenolic OH excluding ortho intramolecular Hbond substituents is 2. The number of carboxylic acids is 1. The first-order valence-electron chi connectivity index (χ1n) is 24.7. The Labute approximate surface area is 433 Å².